The molecule has 0 aliphatic carbocycles. The van der Waals surface area contributed by atoms with Crippen molar-refractivity contribution in [2.24, 2.45) is 0 Å². The van der Waals surface area contributed by atoms with E-state index in [1.807, 2.05) is 30.3 Å². The van der Waals surface area contributed by atoms with Gasteiger partial charge >= 0.3 is 0 Å². The molecule has 1 N–H and O–H groups in total. The molecule has 0 radical (unpaired) electrons. The second-order valence-corrected chi connectivity index (χ2v) is 4.23. The van der Waals surface area contributed by atoms with Crippen LogP contribution in [0.3, 0.4) is 0 Å². The highest BCUT2D eigenvalue weighted by molar-refractivity contribution is 5.95. The lowest BCUT2D eigenvalue weighted by Crippen LogP contribution is -1.89. The molecule has 0 saturated carbocycles. The highest BCUT2D eigenvalue weighted by atomic mass is 16.3. The second kappa shape index (κ2) is 4.59. The number of fused-ring (bicyclic) bond motifs is 1. The van der Waals surface area contributed by atoms with Crippen molar-refractivity contribution in [2.45, 2.75) is 6.61 Å². The molecule has 0 aliphatic heterocycles. The number of pyridine rings is 1. The molecule has 0 atom stereocenters. The Balaban J connectivity index is 2.24. The highest BCUT2D eigenvalue weighted by Crippen LogP contribution is 2.27. The molecule has 0 spiro atoms. The fraction of sp³-hybridized carbons (Fsp3) is 0.0625. The van der Waals surface area contributed by atoms with Crippen molar-refractivity contribution >= 4 is 10.8 Å². The summed E-state index contributed by atoms with van der Waals surface area (Å²) in [5.41, 5.74) is 2.88. The molecular formula is C16H13NO. The van der Waals surface area contributed by atoms with Crippen molar-refractivity contribution < 1.29 is 5.11 Å². The van der Waals surface area contributed by atoms with Crippen LogP contribution in [0.5, 0.6) is 0 Å². The summed E-state index contributed by atoms with van der Waals surface area (Å²) in [6.45, 7) is 0.0420. The summed E-state index contributed by atoms with van der Waals surface area (Å²) in [4.78, 5) is 4.40. The molecule has 2 nitrogen and oxygen atoms in total. The van der Waals surface area contributed by atoms with E-state index in [9.17, 15) is 5.11 Å². The normalized spacial score (nSPS) is 10.7. The predicted molar refractivity (Wildman–Crippen MR) is 73.1 cm³/mol. The molecule has 0 fully saturated rings. The largest absolute Gasteiger partial charge is 0.392 e. The maximum atomic E-state index is 9.19. The lowest BCUT2D eigenvalue weighted by atomic mass is 10.0. The standard InChI is InChI=1S/C16H13NO/c18-11-12-8-9-17-16(10-12)15-7-3-5-13-4-1-2-6-14(13)15/h1-10,18H,11H2. The van der Waals surface area contributed by atoms with Crippen molar-refractivity contribution in [1.29, 1.82) is 0 Å². The van der Waals surface area contributed by atoms with Crippen LogP contribution in [0.25, 0.3) is 22.0 Å². The number of hydrogen-bond donors (Lipinski definition) is 1. The van der Waals surface area contributed by atoms with E-state index in [1.54, 1.807) is 6.20 Å². The van der Waals surface area contributed by atoms with Crippen LogP contribution in [0.1, 0.15) is 5.56 Å². The summed E-state index contributed by atoms with van der Waals surface area (Å²) >= 11 is 0. The summed E-state index contributed by atoms with van der Waals surface area (Å²) in [5, 5.41) is 11.6. The Kier molecular flexibility index (Phi) is 2.79. The SMILES string of the molecule is OCc1ccnc(-c2cccc3ccccc23)c1. The minimum Gasteiger partial charge on any atom is -0.392 e. The summed E-state index contributed by atoms with van der Waals surface area (Å²) < 4.78 is 0. The number of aliphatic hydroxyl groups excluding tert-OH is 1. The van der Waals surface area contributed by atoms with Crippen molar-refractivity contribution in [3.8, 4) is 11.3 Å². The first kappa shape index (κ1) is 10.9. The van der Waals surface area contributed by atoms with E-state index in [0.29, 0.717) is 0 Å². The van der Waals surface area contributed by atoms with Gasteiger partial charge in [-0.1, -0.05) is 42.5 Å². The van der Waals surface area contributed by atoms with Crippen molar-refractivity contribution in [3.63, 3.8) is 0 Å². The fourth-order valence-corrected chi connectivity index (χ4v) is 2.17. The van der Waals surface area contributed by atoms with E-state index in [4.69, 9.17) is 0 Å². The molecule has 3 rings (SSSR count). The number of rotatable bonds is 2. The van der Waals surface area contributed by atoms with E-state index < -0.39 is 0 Å². The van der Waals surface area contributed by atoms with Gasteiger partial charge in [-0.2, -0.15) is 0 Å². The van der Waals surface area contributed by atoms with Crippen LogP contribution in [-0.4, -0.2) is 10.1 Å². The van der Waals surface area contributed by atoms with Gasteiger partial charge in [0.2, 0.25) is 0 Å². The van der Waals surface area contributed by atoms with E-state index >= 15 is 0 Å². The van der Waals surface area contributed by atoms with E-state index in [1.165, 1.54) is 10.8 Å². The molecule has 0 saturated heterocycles. The van der Waals surface area contributed by atoms with Crippen LogP contribution < -0.4 is 0 Å². The molecule has 0 bridgehead atoms. The van der Waals surface area contributed by atoms with Crippen molar-refractivity contribution in [3.05, 3.63) is 66.4 Å². The zero-order chi connectivity index (χ0) is 12.4. The Hall–Kier alpha value is -2.19. The van der Waals surface area contributed by atoms with Gasteiger partial charge in [0.05, 0.1) is 12.3 Å². The van der Waals surface area contributed by atoms with Crippen LogP contribution in [0, 0.1) is 0 Å². The molecule has 18 heavy (non-hydrogen) atoms. The maximum Gasteiger partial charge on any atom is 0.0711 e. The summed E-state index contributed by atoms with van der Waals surface area (Å²) in [6, 6.07) is 18.2. The van der Waals surface area contributed by atoms with Gasteiger partial charge in [-0.15, -0.1) is 0 Å². The first-order valence-electron chi connectivity index (χ1n) is 5.92. The van der Waals surface area contributed by atoms with E-state index in [0.717, 1.165) is 16.8 Å². The van der Waals surface area contributed by atoms with Gasteiger partial charge in [-0.3, -0.25) is 4.98 Å². The van der Waals surface area contributed by atoms with Crippen LogP contribution in [0.15, 0.2) is 60.8 Å². The Bertz CT molecular complexity index is 686. The molecular weight excluding hydrogens is 222 g/mol. The monoisotopic (exact) mass is 235 g/mol. The number of aliphatic hydroxyl groups is 1. The third-order valence-corrected chi connectivity index (χ3v) is 3.07. The molecule has 3 aromatic rings. The van der Waals surface area contributed by atoms with Gasteiger partial charge < -0.3 is 5.11 Å². The molecule has 0 aliphatic rings. The minimum atomic E-state index is 0.0420. The first-order valence-corrected chi connectivity index (χ1v) is 5.92. The van der Waals surface area contributed by atoms with Crippen LogP contribution >= 0.6 is 0 Å². The molecule has 1 heterocycles. The van der Waals surface area contributed by atoms with Gasteiger partial charge in [0.1, 0.15) is 0 Å². The molecule has 0 amide bonds. The van der Waals surface area contributed by atoms with Crippen molar-refractivity contribution in [2.75, 3.05) is 0 Å². The van der Waals surface area contributed by atoms with Crippen molar-refractivity contribution in [1.82, 2.24) is 4.98 Å². The number of nitrogens with zero attached hydrogens (tertiary/aromatic N) is 1. The zero-order valence-corrected chi connectivity index (χ0v) is 9.88. The Morgan fingerprint density at radius 2 is 1.78 bits per heavy atom. The Morgan fingerprint density at radius 1 is 0.944 bits per heavy atom. The molecule has 2 heteroatoms. The average Bonchev–Trinajstić information content (AvgIpc) is 2.47. The molecule has 88 valence electrons. The van der Waals surface area contributed by atoms with E-state index in [2.05, 4.69) is 29.2 Å². The smallest absolute Gasteiger partial charge is 0.0711 e. The highest BCUT2D eigenvalue weighted by Gasteiger charge is 2.04. The average molecular weight is 235 g/mol. The lowest BCUT2D eigenvalue weighted by molar-refractivity contribution is 0.282. The second-order valence-electron chi connectivity index (χ2n) is 4.23. The van der Waals surface area contributed by atoms with E-state index in [-0.39, 0.29) is 6.61 Å². The summed E-state index contributed by atoms with van der Waals surface area (Å²) in [7, 11) is 0. The third-order valence-electron chi connectivity index (χ3n) is 3.07. The van der Waals surface area contributed by atoms with Gasteiger partial charge in [0.25, 0.3) is 0 Å². The van der Waals surface area contributed by atoms with Crippen LogP contribution in [0.4, 0.5) is 0 Å². The first-order chi connectivity index (χ1) is 8.88. The molecule has 2 aromatic carbocycles. The number of hydrogen-bond acceptors (Lipinski definition) is 2. The maximum absolute atomic E-state index is 9.19. The quantitative estimate of drug-likeness (QED) is 0.738. The Morgan fingerprint density at radius 3 is 2.67 bits per heavy atom. The minimum absolute atomic E-state index is 0.0420. The number of benzene rings is 2. The molecule has 1 aromatic heterocycles. The summed E-state index contributed by atoms with van der Waals surface area (Å²) in [5.74, 6) is 0. The number of aromatic nitrogens is 1. The van der Waals surface area contributed by atoms with Gasteiger partial charge in [0.15, 0.2) is 0 Å². The van der Waals surface area contributed by atoms with Crippen LogP contribution in [0.2, 0.25) is 0 Å². The summed E-state index contributed by atoms with van der Waals surface area (Å²) in [6.07, 6.45) is 1.74. The topological polar surface area (TPSA) is 33.1 Å². The van der Waals surface area contributed by atoms with Gasteiger partial charge in [-0.05, 0) is 28.5 Å². The lowest BCUT2D eigenvalue weighted by Gasteiger charge is -2.07. The fourth-order valence-electron chi connectivity index (χ4n) is 2.17. The third kappa shape index (κ3) is 1.87. The predicted octanol–water partition coefficient (Wildman–Crippen LogP) is 3.39. The van der Waals surface area contributed by atoms with Gasteiger partial charge in [0, 0.05) is 11.8 Å². The van der Waals surface area contributed by atoms with Gasteiger partial charge in [-0.25, -0.2) is 0 Å². The molecule has 0 unspecified atom stereocenters. The van der Waals surface area contributed by atoms with Crippen LogP contribution in [-0.2, 0) is 6.61 Å². The Labute approximate surface area is 106 Å². The zero-order valence-electron chi connectivity index (χ0n) is 9.88.